The molecule has 1 saturated carbocycles. The maximum atomic E-state index is 13.3. The van der Waals surface area contributed by atoms with E-state index in [1.807, 2.05) is 18.2 Å². The number of likely N-dealkylation sites (tertiary alicyclic amines) is 1. The van der Waals surface area contributed by atoms with Crippen LogP contribution in [0, 0.1) is 5.92 Å². The van der Waals surface area contributed by atoms with Crippen LogP contribution in [0.25, 0.3) is 0 Å². The lowest BCUT2D eigenvalue weighted by Gasteiger charge is -2.31. The molecule has 2 aromatic rings. The average molecular weight is 472 g/mol. The molecule has 3 nitrogen and oxygen atoms in total. The number of quaternary nitrogens is 1. The number of benzene rings is 2. The zero-order valence-corrected chi connectivity index (χ0v) is 19.6. The van der Waals surface area contributed by atoms with Gasteiger partial charge < -0.3 is 26.2 Å². The first-order chi connectivity index (χ1) is 14.1. The van der Waals surface area contributed by atoms with E-state index >= 15 is 0 Å². The molecule has 30 heavy (non-hydrogen) atoms. The highest BCUT2D eigenvalue weighted by Gasteiger charge is 2.39. The molecule has 4 rings (SSSR count). The van der Waals surface area contributed by atoms with Crippen molar-refractivity contribution in [2.45, 2.75) is 57.1 Å². The van der Waals surface area contributed by atoms with Crippen LogP contribution >= 0.6 is 0 Å². The first-order valence-corrected chi connectivity index (χ1v) is 11.3. The number of likely N-dealkylation sites (N-methyl/N-ethyl adjacent to an activating group) is 1. The Morgan fingerprint density at radius 1 is 0.967 bits per heavy atom. The zero-order chi connectivity index (χ0) is 20.1. The molecule has 1 aliphatic carbocycles. The van der Waals surface area contributed by atoms with Gasteiger partial charge in [-0.1, -0.05) is 79.9 Å². The Morgan fingerprint density at radius 3 is 2.27 bits per heavy atom. The number of hydrogen-bond acceptors (Lipinski definition) is 2. The molecule has 3 atom stereocenters. The fraction of sp³-hybridized carbons (Fsp3) is 0.500. The minimum atomic E-state index is -0.107. The quantitative estimate of drug-likeness (QED) is 0.477. The number of rotatable bonds is 6. The third kappa shape index (κ3) is 5.73. The molecule has 0 bridgehead atoms. The van der Waals surface area contributed by atoms with Crippen molar-refractivity contribution in [1.82, 2.24) is 0 Å². The molecule has 2 fully saturated rings. The van der Waals surface area contributed by atoms with Gasteiger partial charge >= 0.3 is 5.97 Å². The Balaban J connectivity index is 0.00000256. The average Bonchev–Trinajstić information content (AvgIpc) is 3.10. The molecule has 0 amide bonds. The van der Waals surface area contributed by atoms with Crippen molar-refractivity contribution in [1.29, 1.82) is 0 Å². The van der Waals surface area contributed by atoms with Gasteiger partial charge in [0.25, 0.3) is 0 Å². The molecule has 0 aromatic heterocycles. The van der Waals surface area contributed by atoms with Gasteiger partial charge in [-0.05, 0) is 24.3 Å². The normalized spacial score (nSPS) is 25.3. The second-order valence-corrected chi connectivity index (χ2v) is 9.30. The van der Waals surface area contributed by atoms with Gasteiger partial charge in [-0.25, -0.2) is 0 Å². The standard InChI is InChI=1S/C26H34NO2.BrH/c1-27(19-21-11-5-2-6-12-21)18-17-24(20-27)29-26(28)25(22-13-7-3-8-14-22)23-15-9-4-10-16-23;/h2-3,5-8,11-14,23-25H,4,9-10,15-20H2,1H3;1H/q+1;/p-1. The highest BCUT2D eigenvalue weighted by molar-refractivity contribution is 5.78. The monoisotopic (exact) mass is 471 g/mol. The van der Waals surface area contributed by atoms with Crippen LogP contribution in [-0.4, -0.2) is 36.7 Å². The lowest BCUT2D eigenvalue weighted by Crippen LogP contribution is -3.00. The SMILES string of the molecule is C[N+]1(Cc2ccccc2)CCC(OC(=O)C(c2ccccc2)C2CCCCC2)C1.[Br-]. The van der Waals surface area contributed by atoms with E-state index in [2.05, 4.69) is 49.5 Å². The summed E-state index contributed by atoms with van der Waals surface area (Å²) >= 11 is 0. The molecule has 4 heteroatoms. The first kappa shape index (κ1) is 23.0. The van der Waals surface area contributed by atoms with Gasteiger partial charge in [0, 0.05) is 12.0 Å². The third-order valence-electron chi connectivity index (χ3n) is 6.86. The fourth-order valence-electron chi connectivity index (χ4n) is 5.36. The summed E-state index contributed by atoms with van der Waals surface area (Å²) in [6.07, 6.45) is 7.04. The Morgan fingerprint density at radius 2 is 1.60 bits per heavy atom. The molecule has 3 unspecified atom stereocenters. The van der Waals surface area contributed by atoms with E-state index in [0.29, 0.717) is 5.92 Å². The topological polar surface area (TPSA) is 26.3 Å². The summed E-state index contributed by atoms with van der Waals surface area (Å²) in [5.41, 5.74) is 2.48. The van der Waals surface area contributed by atoms with E-state index in [9.17, 15) is 4.79 Å². The van der Waals surface area contributed by atoms with E-state index < -0.39 is 0 Å². The number of halogens is 1. The lowest BCUT2D eigenvalue weighted by atomic mass is 9.77. The summed E-state index contributed by atoms with van der Waals surface area (Å²) in [5, 5.41) is 0. The second-order valence-electron chi connectivity index (χ2n) is 9.30. The number of ether oxygens (including phenoxy) is 1. The second kappa shape index (κ2) is 10.6. The van der Waals surface area contributed by atoms with Gasteiger partial charge in [0.05, 0.1) is 19.5 Å². The van der Waals surface area contributed by atoms with Crippen LogP contribution in [0.4, 0.5) is 0 Å². The van der Waals surface area contributed by atoms with Gasteiger partial charge in [-0.2, -0.15) is 0 Å². The molecule has 0 N–H and O–H groups in total. The van der Waals surface area contributed by atoms with Crippen molar-refractivity contribution in [3.8, 4) is 0 Å². The Bertz CT molecular complexity index is 791. The van der Waals surface area contributed by atoms with Gasteiger partial charge in [-0.3, -0.25) is 4.79 Å². The maximum absolute atomic E-state index is 13.3. The zero-order valence-electron chi connectivity index (χ0n) is 18.0. The van der Waals surface area contributed by atoms with Gasteiger partial charge in [-0.15, -0.1) is 0 Å². The van der Waals surface area contributed by atoms with E-state index in [4.69, 9.17) is 4.74 Å². The predicted molar refractivity (Wildman–Crippen MR) is 116 cm³/mol. The summed E-state index contributed by atoms with van der Waals surface area (Å²) in [7, 11) is 2.29. The summed E-state index contributed by atoms with van der Waals surface area (Å²) in [6.45, 7) is 2.97. The minimum Gasteiger partial charge on any atom is -1.00 e. The highest BCUT2D eigenvalue weighted by atomic mass is 79.9. The van der Waals surface area contributed by atoms with E-state index in [1.54, 1.807) is 0 Å². The van der Waals surface area contributed by atoms with Crippen molar-refractivity contribution >= 4 is 5.97 Å². The van der Waals surface area contributed by atoms with Crippen molar-refractivity contribution < 1.29 is 31.0 Å². The van der Waals surface area contributed by atoms with E-state index in [1.165, 1.54) is 24.8 Å². The van der Waals surface area contributed by atoms with Crippen molar-refractivity contribution in [2.24, 2.45) is 5.92 Å². The molecule has 0 spiro atoms. The molecule has 0 radical (unpaired) electrons. The fourth-order valence-corrected chi connectivity index (χ4v) is 5.36. The maximum Gasteiger partial charge on any atom is 0.314 e. The number of esters is 1. The Labute approximate surface area is 191 Å². The lowest BCUT2D eigenvalue weighted by molar-refractivity contribution is -0.912. The van der Waals surface area contributed by atoms with Gasteiger partial charge in [0.15, 0.2) is 6.10 Å². The molecule has 1 aliphatic heterocycles. The number of nitrogens with zero attached hydrogens (tertiary/aromatic N) is 1. The van der Waals surface area contributed by atoms with Crippen molar-refractivity contribution in [2.75, 3.05) is 20.1 Å². The smallest absolute Gasteiger partial charge is 0.314 e. The highest BCUT2D eigenvalue weighted by Crippen LogP contribution is 2.37. The summed E-state index contributed by atoms with van der Waals surface area (Å²) in [6, 6.07) is 21.0. The van der Waals surface area contributed by atoms with Crippen LogP contribution < -0.4 is 17.0 Å². The molecule has 2 aromatic carbocycles. The molecule has 162 valence electrons. The third-order valence-corrected chi connectivity index (χ3v) is 6.86. The summed E-state index contributed by atoms with van der Waals surface area (Å²) in [4.78, 5) is 13.3. The van der Waals surface area contributed by atoms with Crippen LogP contribution in [0.5, 0.6) is 0 Å². The Kier molecular flexibility index (Phi) is 8.13. The largest absolute Gasteiger partial charge is 1.00 e. The number of carbonyl (C=O) groups excluding carboxylic acids is 1. The molecule has 1 heterocycles. The first-order valence-electron chi connectivity index (χ1n) is 11.3. The van der Waals surface area contributed by atoms with Crippen LogP contribution in [0.3, 0.4) is 0 Å². The van der Waals surface area contributed by atoms with Crippen molar-refractivity contribution in [3.63, 3.8) is 0 Å². The van der Waals surface area contributed by atoms with Crippen LogP contribution in [0.1, 0.15) is 55.6 Å². The molecule has 1 saturated heterocycles. The van der Waals surface area contributed by atoms with Crippen LogP contribution in [0.2, 0.25) is 0 Å². The molecular formula is C26H34BrNO2. The van der Waals surface area contributed by atoms with E-state index in [-0.39, 0.29) is 35.0 Å². The Hall–Kier alpha value is -1.65. The van der Waals surface area contributed by atoms with Gasteiger partial charge in [0.1, 0.15) is 13.1 Å². The molecular weight excluding hydrogens is 438 g/mol. The summed E-state index contributed by atoms with van der Waals surface area (Å²) in [5.74, 6) is 0.316. The predicted octanol–water partition coefficient (Wildman–Crippen LogP) is 2.32. The molecule has 2 aliphatic rings. The van der Waals surface area contributed by atoms with Crippen LogP contribution in [0.15, 0.2) is 60.7 Å². The van der Waals surface area contributed by atoms with E-state index in [0.717, 1.165) is 48.9 Å². The van der Waals surface area contributed by atoms with Gasteiger partial charge in [0.2, 0.25) is 0 Å². The number of hydrogen-bond donors (Lipinski definition) is 0. The van der Waals surface area contributed by atoms with Crippen LogP contribution in [-0.2, 0) is 16.1 Å². The summed E-state index contributed by atoms with van der Waals surface area (Å²) < 4.78 is 7.11. The minimum absolute atomic E-state index is 0. The van der Waals surface area contributed by atoms with Crippen molar-refractivity contribution in [3.05, 3.63) is 71.8 Å². The number of carbonyl (C=O) groups is 1.